The molecule has 0 aromatic heterocycles. The quantitative estimate of drug-likeness (QED) is 0.519. The van der Waals surface area contributed by atoms with Gasteiger partial charge in [0.2, 0.25) is 5.91 Å². The monoisotopic (exact) mass is 148 g/mol. The zero-order valence-electron chi connectivity index (χ0n) is 5.61. The second-order valence-electron chi connectivity index (χ2n) is 1.58. The molecule has 58 valence electrons. The maximum Gasteiger partial charge on any atom is 0.269 e. The van der Waals surface area contributed by atoms with Gasteiger partial charge in [-0.1, -0.05) is 6.92 Å². The van der Waals surface area contributed by atoms with Gasteiger partial charge >= 0.3 is 0 Å². The number of nitrogens with one attached hydrogen (secondary N) is 2. The SMILES string of the molecule is CCC(=O)NNC(=O)CF. The van der Waals surface area contributed by atoms with Gasteiger partial charge in [0.1, 0.15) is 0 Å². The van der Waals surface area contributed by atoms with E-state index in [4.69, 9.17) is 0 Å². The number of hydrogen-bond donors (Lipinski definition) is 2. The molecule has 0 unspecified atom stereocenters. The minimum Gasteiger partial charge on any atom is -0.273 e. The molecule has 0 aliphatic carbocycles. The van der Waals surface area contributed by atoms with Crippen molar-refractivity contribution in [1.29, 1.82) is 0 Å². The number of amides is 2. The van der Waals surface area contributed by atoms with Gasteiger partial charge in [0.25, 0.3) is 5.91 Å². The standard InChI is InChI=1S/C5H9FN2O2/c1-2-4(9)7-8-5(10)3-6/h2-3H2,1H3,(H,7,9)(H,8,10). The number of halogens is 1. The third kappa shape index (κ3) is 3.82. The van der Waals surface area contributed by atoms with Crippen molar-refractivity contribution >= 4 is 11.8 Å². The molecule has 0 heterocycles. The van der Waals surface area contributed by atoms with Gasteiger partial charge in [-0.15, -0.1) is 0 Å². The highest BCUT2D eigenvalue weighted by molar-refractivity contribution is 5.82. The van der Waals surface area contributed by atoms with E-state index in [9.17, 15) is 14.0 Å². The van der Waals surface area contributed by atoms with Gasteiger partial charge in [0, 0.05) is 6.42 Å². The van der Waals surface area contributed by atoms with Crippen LogP contribution < -0.4 is 10.9 Å². The summed E-state index contributed by atoms with van der Waals surface area (Å²) >= 11 is 0. The van der Waals surface area contributed by atoms with Crippen LogP contribution in [0.25, 0.3) is 0 Å². The summed E-state index contributed by atoms with van der Waals surface area (Å²) in [5, 5.41) is 0. The fraction of sp³-hybridized carbons (Fsp3) is 0.600. The number of rotatable bonds is 2. The average Bonchev–Trinajstić information content (AvgIpc) is 1.99. The molecule has 0 spiro atoms. The summed E-state index contributed by atoms with van der Waals surface area (Å²) in [6, 6.07) is 0. The molecule has 0 bridgehead atoms. The predicted molar refractivity (Wildman–Crippen MR) is 32.6 cm³/mol. The zero-order chi connectivity index (χ0) is 7.98. The molecule has 0 saturated carbocycles. The van der Waals surface area contributed by atoms with Crippen LogP contribution >= 0.6 is 0 Å². The Morgan fingerprint density at radius 1 is 1.30 bits per heavy atom. The molecule has 0 aromatic rings. The largest absolute Gasteiger partial charge is 0.273 e. The molecule has 0 aliphatic heterocycles. The highest BCUT2D eigenvalue weighted by Gasteiger charge is 1.99. The lowest BCUT2D eigenvalue weighted by Crippen LogP contribution is -2.41. The molecule has 0 rings (SSSR count). The summed E-state index contributed by atoms with van der Waals surface area (Å²) in [6.07, 6.45) is 0.257. The Morgan fingerprint density at radius 3 is 2.20 bits per heavy atom. The van der Waals surface area contributed by atoms with Crippen molar-refractivity contribution in [1.82, 2.24) is 10.9 Å². The van der Waals surface area contributed by atoms with E-state index in [1.54, 1.807) is 6.92 Å². The van der Waals surface area contributed by atoms with E-state index in [0.717, 1.165) is 0 Å². The van der Waals surface area contributed by atoms with Gasteiger partial charge in [-0.05, 0) is 0 Å². The highest BCUT2D eigenvalue weighted by Crippen LogP contribution is 1.71. The predicted octanol–water partition coefficient (Wildman–Crippen LogP) is -0.487. The first-order valence-electron chi connectivity index (χ1n) is 2.84. The number of hydrogen-bond acceptors (Lipinski definition) is 2. The van der Waals surface area contributed by atoms with Crippen LogP contribution in [0.15, 0.2) is 0 Å². The van der Waals surface area contributed by atoms with Crippen LogP contribution in [0.4, 0.5) is 4.39 Å². The topological polar surface area (TPSA) is 58.2 Å². The van der Waals surface area contributed by atoms with Gasteiger partial charge in [0.15, 0.2) is 6.67 Å². The van der Waals surface area contributed by atoms with Crippen LogP contribution in [0, 0.1) is 0 Å². The van der Waals surface area contributed by atoms with Crippen molar-refractivity contribution in [3.05, 3.63) is 0 Å². The zero-order valence-corrected chi connectivity index (χ0v) is 5.61. The molecule has 0 aliphatic rings. The molecule has 2 N–H and O–H groups in total. The molecule has 0 radical (unpaired) electrons. The van der Waals surface area contributed by atoms with E-state index in [2.05, 4.69) is 0 Å². The average molecular weight is 148 g/mol. The molecular weight excluding hydrogens is 139 g/mol. The summed E-state index contributed by atoms with van der Waals surface area (Å²) in [5.74, 6) is -1.19. The second kappa shape index (κ2) is 4.72. The Morgan fingerprint density at radius 2 is 1.80 bits per heavy atom. The number of hydrazine groups is 1. The fourth-order valence-electron chi connectivity index (χ4n) is 0.261. The Balaban J connectivity index is 3.35. The van der Waals surface area contributed by atoms with Crippen LogP contribution in [0.1, 0.15) is 13.3 Å². The van der Waals surface area contributed by atoms with E-state index in [1.807, 2.05) is 10.9 Å². The summed E-state index contributed by atoms with van der Waals surface area (Å²) in [4.78, 5) is 20.5. The van der Waals surface area contributed by atoms with Crippen molar-refractivity contribution in [2.24, 2.45) is 0 Å². The van der Waals surface area contributed by atoms with Gasteiger partial charge in [0.05, 0.1) is 0 Å². The second-order valence-corrected chi connectivity index (χ2v) is 1.58. The molecule has 0 saturated heterocycles. The first kappa shape index (κ1) is 8.87. The van der Waals surface area contributed by atoms with Crippen LogP contribution in [0.2, 0.25) is 0 Å². The maximum atomic E-state index is 11.4. The van der Waals surface area contributed by atoms with Crippen molar-refractivity contribution < 1.29 is 14.0 Å². The Kier molecular flexibility index (Phi) is 4.19. The highest BCUT2D eigenvalue weighted by atomic mass is 19.1. The Labute approximate surface area is 57.8 Å². The molecule has 0 atom stereocenters. The summed E-state index contributed by atoms with van der Waals surface area (Å²) < 4.78 is 11.4. The van der Waals surface area contributed by atoms with Crippen LogP contribution in [0.5, 0.6) is 0 Å². The van der Waals surface area contributed by atoms with Gasteiger partial charge in [-0.3, -0.25) is 20.4 Å². The molecule has 5 heteroatoms. The van der Waals surface area contributed by atoms with Gasteiger partial charge in [-0.25, -0.2) is 4.39 Å². The summed E-state index contributed by atoms with van der Waals surface area (Å²) in [6.45, 7) is 0.501. The fourth-order valence-corrected chi connectivity index (χ4v) is 0.261. The first-order valence-corrected chi connectivity index (χ1v) is 2.84. The van der Waals surface area contributed by atoms with E-state index in [0.29, 0.717) is 0 Å². The molecule has 0 fully saturated rings. The normalized spacial score (nSPS) is 8.60. The van der Waals surface area contributed by atoms with E-state index in [-0.39, 0.29) is 12.3 Å². The van der Waals surface area contributed by atoms with Crippen LogP contribution in [-0.4, -0.2) is 18.5 Å². The first-order chi connectivity index (χ1) is 4.70. The van der Waals surface area contributed by atoms with Crippen molar-refractivity contribution in [3.63, 3.8) is 0 Å². The third-order valence-electron chi connectivity index (χ3n) is 0.784. The number of alkyl halides is 1. The van der Waals surface area contributed by atoms with Gasteiger partial charge < -0.3 is 0 Å². The smallest absolute Gasteiger partial charge is 0.269 e. The summed E-state index contributed by atoms with van der Waals surface area (Å²) in [5.41, 5.74) is 3.87. The molecule has 4 nitrogen and oxygen atoms in total. The Hall–Kier alpha value is -1.13. The van der Waals surface area contributed by atoms with Crippen LogP contribution in [-0.2, 0) is 9.59 Å². The van der Waals surface area contributed by atoms with E-state index < -0.39 is 12.6 Å². The Bertz CT molecular complexity index is 122. The lowest BCUT2D eigenvalue weighted by atomic mass is 10.5. The third-order valence-corrected chi connectivity index (χ3v) is 0.784. The van der Waals surface area contributed by atoms with E-state index >= 15 is 0 Å². The van der Waals surface area contributed by atoms with Crippen LogP contribution in [0.3, 0.4) is 0 Å². The minimum absolute atomic E-state index is 0.257. The van der Waals surface area contributed by atoms with Crippen molar-refractivity contribution in [2.75, 3.05) is 6.67 Å². The minimum atomic E-state index is -1.12. The van der Waals surface area contributed by atoms with E-state index in [1.165, 1.54) is 0 Å². The molecule has 0 aromatic carbocycles. The number of carbonyl (C=O) groups is 2. The molecular formula is C5H9FN2O2. The lowest BCUT2D eigenvalue weighted by molar-refractivity contribution is -0.129. The number of carbonyl (C=O) groups excluding carboxylic acids is 2. The van der Waals surface area contributed by atoms with Crippen molar-refractivity contribution in [3.8, 4) is 0 Å². The molecule has 2 amide bonds. The molecule has 10 heavy (non-hydrogen) atoms. The van der Waals surface area contributed by atoms with Gasteiger partial charge in [-0.2, -0.15) is 0 Å². The maximum absolute atomic E-state index is 11.4. The van der Waals surface area contributed by atoms with Crippen molar-refractivity contribution in [2.45, 2.75) is 13.3 Å². The summed E-state index contributed by atoms with van der Waals surface area (Å²) in [7, 11) is 0. The lowest BCUT2D eigenvalue weighted by Gasteiger charge is -2.01.